The third-order valence-corrected chi connectivity index (χ3v) is 3.64. The number of fused-ring (bicyclic) bond motifs is 1. The van der Waals surface area contributed by atoms with Crippen molar-refractivity contribution >= 4 is 11.5 Å². The SMILES string of the molecule is CC(=O)/C=C/CC1(C)Cc2ccccc2N1C. The molecule has 0 fully saturated rings. The van der Waals surface area contributed by atoms with E-state index in [9.17, 15) is 4.79 Å². The molecule has 1 atom stereocenters. The third kappa shape index (κ3) is 2.26. The van der Waals surface area contributed by atoms with E-state index in [0.29, 0.717) is 0 Å². The van der Waals surface area contributed by atoms with Crippen LogP contribution in [0.2, 0.25) is 0 Å². The maximum Gasteiger partial charge on any atom is 0.152 e. The second kappa shape index (κ2) is 4.36. The molecule has 2 heteroatoms. The molecule has 17 heavy (non-hydrogen) atoms. The molecule has 0 spiro atoms. The summed E-state index contributed by atoms with van der Waals surface area (Å²) in [5.74, 6) is 0.117. The normalized spacial score (nSPS) is 23.1. The Morgan fingerprint density at radius 3 is 2.82 bits per heavy atom. The van der Waals surface area contributed by atoms with E-state index in [2.05, 4.69) is 43.1 Å². The topological polar surface area (TPSA) is 20.3 Å². The van der Waals surface area contributed by atoms with E-state index >= 15 is 0 Å². The largest absolute Gasteiger partial charge is 0.368 e. The lowest BCUT2D eigenvalue weighted by Gasteiger charge is -2.33. The first-order chi connectivity index (χ1) is 8.03. The minimum atomic E-state index is 0.0929. The van der Waals surface area contributed by atoms with Gasteiger partial charge in [-0.2, -0.15) is 0 Å². The summed E-state index contributed by atoms with van der Waals surface area (Å²) in [4.78, 5) is 13.2. The fourth-order valence-electron chi connectivity index (χ4n) is 2.50. The van der Waals surface area contributed by atoms with Gasteiger partial charge in [0.15, 0.2) is 5.78 Å². The van der Waals surface area contributed by atoms with Crippen molar-refractivity contribution in [2.75, 3.05) is 11.9 Å². The molecule has 0 N–H and O–H groups in total. The predicted molar refractivity (Wildman–Crippen MR) is 71.4 cm³/mol. The Hall–Kier alpha value is -1.57. The summed E-state index contributed by atoms with van der Waals surface area (Å²) in [6.45, 7) is 3.84. The van der Waals surface area contributed by atoms with Gasteiger partial charge in [-0.15, -0.1) is 0 Å². The van der Waals surface area contributed by atoms with Crippen LogP contribution < -0.4 is 4.90 Å². The van der Waals surface area contributed by atoms with Gasteiger partial charge < -0.3 is 4.90 Å². The molecule has 90 valence electrons. The lowest BCUT2D eigenvalue weighted by molar-refractivity contribution is -0.112. The van der Waals surface area contributed by atoms with Crippen molar-refractivity contribution in [1.29, 1.82) is 0 Å². The summed E-state index contributed by atoms with van der Waals surface area (Å²) in [6.07, 6.45) is 5.60. The van der Waals surface area contributed by atoms with Crippen LogP contribution in [-0.4, -0.2) is 18.4 Å². The summed E-state index contributed by atoms with van der Waals surface area (Å²) in [5, 5.41) is 0. The molecular formula is C15H19NO. The number of anilines is 1. The van der Waals surface area contributed by atoms with Crippen LogP contribution in [0.5, 0.6) is 0 Å². The van der Waals surface area contributed by atoms with Crippen molar-refractivity contribution in [2.45, 2.75) is 32.2 Å². The summed E-state index contributed by atoms with van der Waals surface area (Å²) in [6, 6.07) is 8.51. The molecule has 2 nitrogen and oxygen atoms in total. The van der Waals surface area contributed by atoms with Gasteiger partial charge in [0.2, 0.25) is 0 Å². The number of benzene rings is 1. The molecule has 0 aromatic heterocycles. The highest BCUT2D eigenvalue weighted by molar-refractivity contribution is 5.87. The van der Waals surface area contributed by atoms with Gasteiger partial charge in [-0.3, -0.25) is 4.79 Å². The quantitative estimate of drug-likeness (QED) is 0.743. The van der Waals surface area contributed by atoms with Gasteiger partial charge in [0.25, 0.3) is 0 Å². The zero-order valence-corrected chi connectivity index (χ0v) is 10.7. The molecule has 0 saturated heterocycles. The maximum absolute atomic E-state index is 10.9. The van der Waals surface area contributed by atoms with Gasteiger partial charge in [0, 0.05) is 18.3 Å². The Kier molecular flexibility index (Phi) is 3.05. The molecule has 0 radical (unpaired) electrons. The van der Waals surface area contributed by atoms with E-state index in [4.69, 9.17) is 0 Å². The molecular weight excluding hydrogens is 210 g/mol. The number of carbonyl (C=O) groups excluding carboxylic acids is 1. The molecule has 1 unspecified atom stereocenters. The van der Waals surface area contributed by atoms with Crippen molar-refractivity contribution in [1.82, 2.24) is 0 Å². The Labute approximate surface area is 103 Å². The summed E-state index contributed by atoms with van der Waals surface area (Å²) in [7, 11) is 2.13. The molecule has 1 aromatic carbocycles. The highest BCUT2D eigenvalue weighted by Crippen LogP contribution is 2.39. The van der Waals surface area contributed by atoms with Crippen LogP contribution >= 0.6 is 0 Å². The predicted octanol–water partition coefficient (Wildman–Crippen LogP) is 2.97. The van der Waals surface area contributed by atoms with Crippen LogP contribution in [0.15, 0.2) is 36.4 Å². The first-order valence-electron chi connectivity index (χ1n) is 6.02. The fourth-order valence-corrected chi connectivity index (χ4v) is 2.50. The molecule has 2 rings (SSSR count). The average Bonchev–Trinajstić information content (AvgIpc) is 2.52. The summed E-state index contributed by atoms with van der Waals surface area (Å²) in [5.41, 5.74) is 2.80. The lowest BCUT2D eigenvalue weighted by Crippen LogP contribution is -2.40. The monoisotopic (exact) mass is 229 g/mol. The van der Waals surface area contributed by atoms with Crippen LogP contribution in [0, 0.1) is 0 Å². The highest BCUT2D eigenvalue weighted by Gasteiger charge is 2.36. The van der Waals surface area contributed by atoms with E-state index in [-0.39, 0.29) is 11.3 Å². The number of allylic oxidation sites excluding steroid dienone is 1. The smallest absolute Gasteiger partial charge is 0.152 e. The molecule has 1 aliphatic rings. The molecule has 1 aromatic rings. The van der Waals surface area contributed by atoms with Gasteiger partial charge >= 0.3 is 0 Å². The van der Waals surface area contributed by atoms with Gasteiger partial charge in [0.05, 0.1) is 0 Å². The second-order valence-electron chi connectivity index (χ2n) is 5.08. The molecule has 0 saturated carbocycles. The second-order valence-corrected chi connectivity index (χ2v) is 5.08. The molecule has 0 bridgehead atoms. The Balaban J connectivity index is 2.17. The van der Waals surface area contributed by atoms with Crippen LogP contribution in [0.3, 0.4) is 0 Å². The average molecular weight is 229 g/mol. The van der Waals surface area contributed by atoms with Gasteiger partial charge in [0.1, 0.15) is 0 Å². The van der Waals surface area contributed by atoms with Crippen LogP contribution in [0.4, 0.5) is 5.69 Å². The van der Waals surface area contributed by atoms with Crippen molar-refractivity contribution in [3.05, 3.63) is 42.0 Å². The number of carbonyl (C=O) groups is 1. The van der Waals surface area contributed by atoms with Crippen molar-refractivity contribution in [3.8, 4) is 0 Å². The fraction of sp³-hybridized carbons (Fsp3) is 0.400. The number of rotatable bonds is 3. The Morgan fingerprint density at radius 1 is 1.47 bits per heavy atom. The van der Waals surface area contributed by atoms with E-state index < -0.39 is 0 Å². The molecule has 1 heterocycles. The number of nitrogens with zero attached hydrogens (tertiary/aromatic N) is 1. The van der Waals surface area contributed by atoms with E-state index in [1.165, 1.54) is 11.3 Å². The number of ketones is 1. The standard InChI is InChI=1S/C15H19NO/c1-12(17)7-6-10-15(2)11-13-8-4-5-9-14(13)16(15)3/h4-9H,10-11H2,1-3H3/b7-6+. The molecule has 0 amide bonds. The van der Waals surface area contributed by atoms with E-state index in [1.807, 2.05) is 6.08 Å². The van der Waals surface area contributed by atoms with Gasteiger partial charge in [-0.25, -0.2) is 0 Å². The van der Waals surface area contributed by atoms with E-state index in [0.717, 1.165) is 12.8 Å². The van der Waals surface area contributed by atoms with Gasteiger partial charge in [-0.1, -0.05) is 24.3 Å². The van der Waals surface area contributed by atoms with E-state index in [1.54, 1.807) is 13.0 Å². The number of para-hydroxylation sites is 1. The number of hydrogen-bond donors (Lipinski definition) is 0. The first-order valence-corrected chi connectivity index (χ1v) is 6.02. The number of hydrogen-bond acceptors (Lipinski definition) is 2. The lowest BCUT2D eigenvalue weighted by atomic mass is 9.92. The van der Waals surface area contributed by atoms with Crippen molar-refractivity contribution < 1.29 is 4.79 Å². The minimum absolute atomic E-state index is 0.0929. The zero-order valence-electron chi connectivity index (χ0n) is 10.7. The Bertz CT molecular complexity index is 464. The van der Waals surface area contributed by atoms with Crippen LogP contribution in [0.25, 0.3) is 0 Å². The highest BCUT2D eigenvalue weighted by atomic mass is 16.1. The summed E-state index contributed by atoms with van der Waals surface area (Å²) < 4.78 is 0. The molecule has 0 aliphatic carbocycles. The first kappa shape index (κ1) is 11.9. The third-order valence-electron chi connectivity index (χ3n) is 3.64. The minimum Gasteiger partial charge on any atom is -0.368 e. The van der Waals surface area contributed by atoms with Crippen molar-refractivity contribution in [3.63, 3.8) is 0 Å². The number of likely N-dealkylation sites (N-methyl/N-ethyl adjacent to an activating group) is 1. The van der Waals surface area contributed by atoms with Crippen LogP contribution in [0.1, 0.15) is 25.8 Å². The zero-order chi connectivity index (χ0) is 12.5. The Morgan fingerprint density at radius 2 is 2.18 bits per heavy atom. The van der Waals surface area contributed by atoms with Gasteiger partial charge in [-0.05, 0) is 44.4 Å². The molecule has 1 aliphatic heterocycles. The summed E-state index contributed by atoms with van der Waals surface area (Å²) >= 11 is 0. The van der Waals surface area contributed by atoms with Crippen LogP contribution in [-0.2, 0) is 11.2 Å². The van der Waals surface area contributed by atoms with Crippen molar-refractivity contribution in [2.24, 2.45) is 0 Å². The maximum atomic E-state index is 10.9.